The Bertz CT molecular complexity index is 759. The van der Waals surface area contributed by atoms with E-state index in [-0.39, 0.29) is 5.75 Å². The Morgan fingerprint density at radius 2 is 2.05 bits per heavy atom. The average molecular weight is 444 g/mol. The number of benzene rings is 1. The molecule has 0 spiro atoms. The van der Waals surface area contributed by atoms with Gasteiger partial charge in [0, 0.05) is 16.2 Å². The van der Waals surface area contributed by atoms with Crippen molar-refractivity contribution in [1.29, 1.82) is 0 Å². The SMILES string of the molecule is Oc1cc(-c2nc(-c3ccc(Br)cn3)no2)ccc1I. The van der Waals surface area contributed by atoms with Crippen LogP contribution in [0.15, 0.2) is 45.5 Å². The van der Waals surface area contributed by atoms with Crippen LogP contribution in [0, 0.1) is 3.57 Å². The predicted octanol–water partition coefficient (Wildman–Crippen LogP) is 3.87. The molecule has 0 saturated carbocycles. The highest BCUT2D eigenvalue weighted by molar-refractivity contribution is 14.1. The van der Waals surface area contributed by atoms with Gasteiger partial charge in [-0.15, -0.1) is 0 Å². The van der Waals surface area contributed by atoms with Gasteiger partial charge < -0.3 is 9.63 Å². The minimum absolute atomic E-state index is 0.185. The van der Waals surface area contributed by atoms with Crippen LogP contribution in [0.2, 0.25) is 0 Å². The molecule has 1 aromatic carbocycles. The summed E-state index contributed by atoms with van der Waals surface area (Å²) in [6.45, 7) is 0. The smallest absolute Gasteiger partial charge is 0.258 e. The van der Waals surface area contributed by atoms with Gasteiger partial charge in [-0.2, -0.15) is 4.98 Å². The Kier molecular flexibility index (Phi) is 3.70. The van der Waals surface area contributed by atoms with Gasteiger partial charge in [0.05, 0.1) is 3.57 Å². The highest BCUT2D eigenvalue weighted by atomic mass is 127. The highest BCUT2D eigenvalue weighted by Crippen LogP contribution is 2.27. The van der Waals surface area contributed by atoms with Crippen LogP contribution in [-0.2, 0) is 0 Å². The molecule has 2 heterocycles. The topological polar surface area (TPSA) is 72.0 Å². The summed E-state index contributed by atoms with van der Waals surface area (Å²) in [5.74, 6) is 0.937. The zero-order valence-electron chi connectivity index (χ0n) is 9.92. The van der Waals surface area contributed by atoms with Crippen LogP contribution in [-0.4, -0.2) is 20.2 Å². The van der Waals surface area contributed by atoms with Crippen molar-refractivity contribution in [3.63, 3.8) is 0 Å². The van der Waals surface area contributed by atoms with Gasteiger partial charge >= 0.3 is 0 Å². The average Bonchev–Trinajstić information content (AvgIpc) is 2.92. The summed E-state index contributed by atoms with van der Waals surface area (Å²) < 4.78 is 6.85. The number of aromatic hydroxyl groups is 1. The molecule has 5 nitrogen and oxygen atoms in total. The lowest BCUT2D eigenvalue weighted by Crippen LogP contribution is -1.85. The third kappa shape index (κ3) is 2.68. The van der Waals surface area contributed by atoms with E-state index in [4.69, 9.17) is 4.52 Å². The number of pyridine rings is 1. The van der Waals surface area contributed by atoms with Gasteiger partial charge in [0.1, 0.15) is 11.4 Å². The van der Waals surface area contributed by atoms with E-state index in [0.29, 0.717) is 23.0 Å². The van der Waals surface area contributed by atoms with Crippen molar-refractivity contribution >= 4 is 38.5 Å². The molecule has 3 rings (SSSR count). The van der Waals surface area contributed by atoms with Crippen molar-refractivity contribution in [2.45, 2.75) is 0 Å². The van der Waals surface area contributed by atoms with Gasteiger partial charge in [0.25, 0.3) is 5.89 Å². The van der Waals surface area contributed by atoms with Crippen LogP contribution >= 0.6 is 38.5 Å². The Morgan fingerprint density at radius 3 is 2.75 bits per heavy atom. The minimum Gasteiger partial charge on any atom is -0.507 e. The molecule has 0 fully saturated rings. The van der Waals surface area contributed by atoms with Crippen molar-refractivity contribution < 1.29 is 9.63 Å². The quantitative estimate of drug-likeness (QED) is 0.608. The lowest BCUT2D eigenvalue weighted by atomic mass is 10.2. The fourth-order valence-electron chi connectivity index (χ4n) is 1.60. The van der Waals surface area contributed by atoms with Crippen molar-refractivity contribution in [3.05, 3.63) is 44.6 Å². The number of phenolic OH excluding ortho intramolecular Hbond substituents is 1. The van der Waals surface area contributed by atoms with Crippen LogP contribution in [0.1, 0.15) is 0 Å². The fourth-order valence-corrected chi connectivity index (χ4v) is 2.17. The van der Waals surface area contributed by atoms with Crippen molar-refractivity contribution in [3.8, 4) is 28.7 Å². The van der Waals surface area contributed by atoms with E-state index < -0.39 is 0 Å². The number of rotatable bonds is 2. The Hall–Kier alpha value is -1.48. The molecule has 0 amide bonds. The molecule has 0 atom stereocenters. The molecule has 1 N–H and O–H groups in total. The highest BCUT2D eigenvalue weighted by Gasteiger charge is 2.12. The molecular formula is C13H7BrIN3O2. The molecule has 7 heteroatoms. The molecule has 0 aliphatic carbocycles. The van der Waals surface area contributed by atoms with E-state index in [1.54, 1.807) is 24.4 Å². The maximum atomic E-state index is 9.70. The van der Waals surface area contributed by atoms with Crippen LogP contribution in [0.5, 0.6) is 5.75 Å². The summed E-state index contributed by atoms with van der Waals surface area (Å²) in [6.07, 6.45) is 1.67. The molecule has 0 aliphatic heterocycles. The third-order valence-electron chi connectivity index (χ3n) is 2.58. The van der Waals surface area contributed by atoms with E-state index in [0.717, 1.165) is 8.04 Å². The molecule has 0 radical (unpaired) electrons. The number of hydrogen-bond acceptors (Lipinski definition) is 5. The summed E-state index contributed by atoms with van der Waals surface area (Å²) in [4.78, 5) is 8.49. The molecule has 2 aromatic heterocycles. The zero-order valence-corrected chi connectivity index (χ0v) is 13.7. The summed E-state index contributed by atoms with van der Waals surface area (Å²) in [7, 11) is 0. The van der Waals surface area contributed by atoms with E-state index >= 15 is 0 Å². The number of halogens is 2. The second-order valence-corrected chi connectivity index (χ2v) is 6.03. The minimum atomic E-state index is 0.185. The van der Waals surface area contributed by atoms with Crippen molar-refractivity contribution in [2.24, 2.45) is 0 Å². The van der Waals surface area contributed by atoms with Gasteiger partial charge in [-0.3, -0.25) is 4.98 Å². The molecule has 100 valence electrons. The van der Waals surface area contributed by atoms with Gasteiger partial charge in [-0.25, -0.2) is 0 Å². The maximum Gasteiger partial charge on any atom is 0.258 e. The lowest BCUT2D eigenvalue weighted by Gasteiger charge is -1.98. The Morgan fingerprint density at radius 1 is 1.20 bits per heavy atom. The van der Waals surface area contributed by atoms with Gasteiger partial charge in [-0.1, -0.05) is 5.16 Å². The monoisotopic (exact) mass is 443 g/mol. The lowest BCUT2D eigenvalue weighted by molar-refractivity contribution is 0.431. The number of nitrogens with zero attached hydrogens (tertiary/aromatic N) is 3. The second kappa shape index (κ2) is 5.49. The number of aromatic nitrogens is 3. The third-order valence-corrected chi connectivity index (χ3v) is 3.96. The normalized spacial score (nSPS) is 10.7. The Labute approximate surface area is 136 Å². The fraction of sp³-hybridized carbons (Fsp3) is 0. The first-order valence-corrected chi connectivity index (χ1v) is 7.45. The van der Waals surface area contributed by atoms with Crippen LogP contribution in [0.25, 0.3) is 23.0 Å². The first-order chi connectivity index (χ1) is 9.63. The van der Waals surface area contributed by atoms with Crippen LogP contribution in [0.3, 0.4) is 0 Å². The first kappa shape index (κ1) is 13.5. The van der Waals surface area contributed by atoms with Gasteiger partial charge in [-0.05, 0) is 68.9 Å². The largest absolute Gasteiger partial charge is 0.507 e. The second-order valence-electron chi connectivity index (χ2n) is 3.95. The zero-order chi connectivity index (χ0) is 14.1. The summed E-state index contributed by atoms with van der Waals surface area (Å²) in [5.41, 5.74) is 1.29. The molecule has 0 unspecified atom stereocenters. The van der Waals surface area contributed by atoms with Gasteiger partial charge in [0.15, 0.2) is 0 Å². The predicted molar refractivity (Wildman–Crippen MR) is 85.0 cm³/mol. The summed E-state index contributed by atoms with van der Waals surface area (Å²) >= 11 is 5.37. The molecule has 0 aliphatic rings. The van der Waals surface area contributed by atoms with Crippen LogP contribution < -0.4 is 0 Å². The van der Waals surface area contributed by atoms with Gasteiger partial charge in [0.2, 0.25) is 5.82 Å². The standard InChI is InChI=1S/C13H7BrIN3O2/c14-8-2-4-10(16-6-8)12-17-13(20-18-12)7-1-3-9(15)11(19)5-7/h1-6,19H. The number of hydrogen-bond donors (Lipinski definition) is 1. The van der Waals surface area contributed by atoms with Crippen molar-refractivity contribution in [1.82, 2.24) is 15.1 Å². The number of phenols is 1. The molecule has 0 bridgehead atoms. The Balaban J connectivity index is 1.97. The molecule has 20 heavy (non-hydrogen) atoms. The first-order valence-electron chi connectivity index (χ1n) is 5.58. The van der Waals surface area contributed by atoms with Crippen molar-refractivity contribution in [2.75, 3.05) is 0 Å². The van der Waals surface area contributed by atoms with E-state index in [9.17, 15) is 5.11 Å². The molecular weight excluding hydrogens is 437 g/mol. The summed E-state index contributed by atoms with van der Waals surface area (Å²) in [5, 5.41) is 13.6. The van der Waals surface area contributed by atoms with Crippen LogP contribution in [0.4, 0.5) is 0 Å². The molecule has 3 aromatic rings. The molecule has 0 saturated heterocycles. The van der Waals surface area contributed by atoms with E-state index in [1.165, 1.54) is 0 Å². The van der Waals surface area contributed by atoms with E-state index in [2.05, 4.69) is 31.1 Å². The summed E-state index contributed by atoms with van der Waals surface area (Å²) in [6, 6.07) is 8.84. The maximum absolute atomic E-state index is 9.70. The van der Waals surface area contributed by atoms with E-state index in [1.807, 2.05) is 34.7 Å².